The lowest BCUT2D eigenvalue weighted by atomic mass is 10.3. The van der Waals surface area contributed by atoms with Gasteiger partial charge in [-0.2, -0.15) is 0 Å². The van der Waals surface area contributed by atoms with Gasteiger partial charge in [0.25, 0.3) is 0 Å². The predicted octanol–water partition coefficient (Wildman–Crippen LogP) is 2.38. The molecule has 0 unspecified atom stereocenters. The van der Waals surface area contributed by atoms with Crippen LogP contribution in [0.2, 0.25) is 0 Å². The molecule has 2 nitrogen and oxygen atoms in total. The molecule has 0 saturated carbocycles. The van der Waals surface area contributed by atoms with Crippen LogP contribution in [0.5, 0.6) is 5.75 Å². The number of ether oxygens (including phenoxy) is 1. The van der Waals surface area contributed by atoms with Gasteiger partial charge >= 0.3 is 0 Å². The van der Waals surface area contributed by atoms with Gasteiger partial charge in [0.1, 0.15) is 12.4 Å². The maximum Gasteiger partial charge on any atom is 0.157 e. The summed E-state index contributed by atoms with van der Waals surface area (Å²) in [7, 11) is 0. The molecule has 0 aliphatic rings. The molecule has 13 heavy (non-hydrogen) atoms. The molecule has 1 rings (SSSR count). The topological polar surface area (TPSA) is 26.3 Å². The van der Waals surface area contributed by atoms with Crippen LogP contribution in [-0.4, -0.2) is 18.6 Å². The molecule has 0 amide bonds. The molecule has 1 aromatic rings. The number of carbonyl (C=O) groups excluding carboxylic acids is 1. The number of carbonyl (C=O) groups is 1. The normalized spacial score (nSPS) is 9.62. The smallest absolute Gasteiger partial charge is 0.157 e. The van der Waals surface area contributed by atoms with Crippen molar-refractivity contribution in [2.75, 3.05) is 12.4 Å². The number of thioether (sulfide) groups is 1. The van der Waals surface area contributed by atoms with Crippen LogP contribution >= 0.6 is 11.8 Å². The molecule has 0 aliphatic carbocycles. The lowest BCUT2D eigenvalue weighted by Crippen LogP contribution is -1.97. The third-order valence-corrected chi connectivity index (χ3v) is 2.31. The van der Waals surface area contributed by atoms with E-state index in [1.165, 1.54) is 4.90 Å². The summed E-state index contributed by atoms with van der Waals surface area (Å²) in [4.78, 5) is 11.2. The highest BCUT2D eigenvalue weighted by molar-refractivity contribution is 7.99. The second-order valence-corrected chi connectivity index (χ2v) is 3.72. The van der Waals surface area contributed by atoms with Crippen molar-refractivity contribution in [2.24, 2.45) is 0 Å². The molecule has 0 heterocycles. The quantitative estimate of drug-likeness (QED) is 0.534. The minimum atomic E-state index is 0.125. The Bertz CT molecular complexity index is 273. The van der Waals surface area contributed by atoms with E-state index in [9.17, 15) is 4.79 Å². The van der Waals surface area contributed by atoms with E-state index in [0.717, 1.165) is 17.8 Å². The number of benzene rings is 1. The Morgan fingerprint density at radius 1 is 1.54 bits per heavy atom. The Balaban J connectivity index is 2.61. The highest BCUT2D eigenvalue weighted by Crippen LogP contribution is 2.22. The van der Waals surface area contributed by atoms with E-state index < -0.39 is 0 Å². The zero-order chi connectivity index (χ0) is 9.52. The molecule has 3 heteroatoms. The Kier molecular flexibility index (Phi) is 4.40. The van der Waals surface area contributed by atoms with E-state index in [2.05, 4.69) is 6.92 Å². The Hall–Kier alpha value is -0.960. The van der Waals surface area contributed by atoms with Gasteiger partial charge in [-0.25, -0.2) is 0 Å². The molecule has 0 saturated heterocycles. The number of hydrogen-bond donors (Lipinski definition) is 0. The van der Waals surface area contributed by atoms with E-state index in [1.54, 1.807) is 11.8 Å². The molecular weight excluding hydrogens is 184 g/mol. The summed E-state index contributed by atoms with van der Waals surface area (Å²) in [5.74, 6) is 1.79. The minimum Gasteiger partial charge on any atom is -0.486 e. The van der Waals surface area contributed by atoms with Crippen molar-refractivity contribution >= 4 is 18.0 Å². The van der Waals surface area contributed by atoms with Gasteiger partial charge in [-0.05, 0) is 24.0 Å². The first-order valence-corrected chi connectivity index (χ1v) is 5.14. The highest BCUT2D eigenvalue weighted by Gasteiger charge is 1.95. The van der Waals surface area contributed by atoms with Gasteiger partial charge in [0.2, 0.25) is 0 Å². The molecule has 0 radical (unpaired) electrons. The summed E-state index contributed by atoms with van der Waals surface area (Å²) in [5, 5.41) is 0. The van der Waals surface area contributed by atoms with Crippen LogP contribution in [0.3, 0.4) is 0 Å². The molecule has 0 bridgehead atoms. The standard InChI is InChI=1S/C10H12O2S/c1-2-13-10-5-3-4-9(8-10)12-7-6-11/h3-6,8H,2,7H2,1H3. The fraction of sp³-hybridized carbons (Fsp3) is 0.300. The number of aldehydes is 1. The van der Waals surface area contributed by atoms with Gasteiger partial charge in [-0.1, -0.05) is 13.0 Å². The Morgan fingerprint density at radius 3 is 3.08 bits per heavy atom. The molecular formula is C10H12O2S. The summed E-state index contributed by atoms with van der Waals surface area (Å²) < 4.78 is 5.16. The molecule has 0 aromatic heterocycles. The van der Waals surface area contributed by atoms with Crippen molar-refractivity contribution in [3.8, 4) is 5.75 Å². The van der Waals surface area contributed by atoms with Crippen LogP contribution in [0.15, 0.2) is 29.2 Å². The van der Waals surface area contributed by atoms with Crippen LogP contribution in [-0.2, 0) is 4.79 Å². The van der Waals surface area contributed by atoms with E-state index in [-0.39, 0.29) is 6.61 Å². The summed E-state index contributed by atoms with van der Waals surface area (Å²) in [6, 6.07) is 7.75. The van der Waals surface area contributed by atoms with Crippen molar-refractivity contribution in [1.29, 1.82) is 0 Å². The zero-order valence-corrected chi connectivity index (χ0v) is 8.34. The molecule has 1 aromatic carbocycles. The molecule has 0 fully saturated rings. The van der Waals surface area contributed by atoms with Gasteiger partial charge in [0.05, 0.1) is 0 Å². The van der Waals surface area contributed by atoms with Crippen molar-refractivity contribution in [3.05, 3.63) is 24.3 Å². The zero-order valence-electron chi connectivity index (χ0n) is 7.53. The Labute approximate surface area is 82.3 Å². The lowest BCUT2D eigenvalue weighted by molar-refractivity contribution is -0.109. The van der Waals surface area contributed by atoms with Crippen molar-refractivity contribution in [1.82, 2.24) is 0 Å². The average Bonchev–Trinajstić information content (AvgIpc) is 2.16. The molecule has 0 N–H and O–H groups in total. The van der Waals surface area contributed by atoms with Crippen molar-refractivity contribution < 1.29 is 9.53 Å². The van der Waals surface area contributed by atoms with Crippen LogP contribution < -0.4 is 4.74 Å². The van der Waals surface area contributed by atoms with E-state index in [4.69, 9.17) is 4.74 Å². The van der Waals surface area contributed by atoms with Crippen LogP contribution in [0.4, 0.5) is 0 Å². The lowest BCUT2D eigenvalue weighted by Gasteiger charge is -2.03. The van der Waals surface area contributed by atoms with Gasteiger partial charge in [-0.3, -0.25) is 4.79 Å². The monoisotopic (exact) mass is 196 g/mol. The third-order valence-electron chi connectivity index (χ3n) is 1.43. The fourth-order valence-corrected chi connectivity index (χ4v) is 1.66. The maximum atomic E-state index is 10.1. The summed E-state index contributed by atoms with van der Waals surface area (Å²) >= 11 is 1.75. The molecule has 70 valence electrons. The van der Waals surface area contributed by atoms with E-state index >= 15 is 0 Å². The van der Waals surface area contributed by atoms with Crippen molar-refractivity contribution in [3.63, 3.8) is 0 Å². The van der Waals surface area contributed by atoms with Gasteiger partial charge in [0.15, 0.2) is 6.29 Å². The third kappa shape index (κ3) is 3.51. The molecule has 0 atom stereocenters. The largest absolute Gasteiger partial charge is 0.486 e. The Morgan fingerprint density at radius 2 is 2.38 bits per heavy atom. The predicted molar refractivity (Wildman–Crippen MR) is 54.4 cm³/mol. The summed E-state index contributed by atoms with van der Waals surface area (Å²) in [6.07, 6.45) is 0.750. The minimum absolute atomic E-state index is 0.125. The first-order valence-electron chi connectivity index (χ1n) is 4.16. The van der Waals surface area contributed by atoms with Crippen LogP contribution in [0, 0.1) is 0 Å². The van der Waals surface area contributed by atoms with E-state index in [1.807, 2.05) is 24.3 Å². The van der Waals surface area contributed by atoms with E-state index in [0.29, 0.717) is 0 Å². The maximum absolute atomic E-state index is 10.1. The van der Waals surface area contributed by atoms with Gasteiger partial charge in [-0.15, -0.1) is 11.8 Å². The number of rotatable bonds is 5. The second-order valence-electron chi connectivity index (χ2n) is 2.39. The van der Waals surface area contributed by atoms with Gasteiger partial charge < -0.3 is 4.74 Å². The highest BCUT2D eigenvalue weighted by atomic mass is 32.2. The summed E-state index contributed by atoms with van der Waals surface area (Å²) in [6.45, 7) is 2.23. The second kappa shape index (κ2) is 5.65. The van der Waals surface area contributed by atoms with Crippen LogP contribution in [0.1, 0.15) is 6.92 Å². The number of hydrogen-bond acceptors (Lipinski definition) is 3. The van der Waals surface area contributed by atoms with Crippen LogP contribution in [0.25, 0.3) is 0 Å². The summed E-state index contributed by atoms with van der Waals surface area (Å²) in [5.41, 5.74) is 0. The molecule has 0 spiro atoms. The fourth-order valence-electron chi connectivity index (χ4n) is 0.951. The molecule has 0 aliphatic heterocycles. The van der Waals surface area contributed by atoms with Gasteiger partial charge in [0, 0.05) is 4.90 Å². The SMILES string of the molecule is CCSc1cccc(OCC=O)c1. The first-order chi connectivity index (χ1) is 6.36. The average molecular weight is 196 g/mol. The van der Waals surface area contributed by atoms with Crippen molar-refractivity contribution in [2.45, 2.75) is 11.8 Å². The first kappa shape index (κ1) is 10.1.